The number of anilines is 1. The van der Waals surface area contributed by atoms with Crippen LogP contribution in [0, 0.1) is 20.8 Å². The molecule has 10 nitrogen and oxygen atoms in total. The van der Waals surface area contributed by atoms with Crippen molar-refractivity contribution in [3.63, 3.8) is 0 Å². The van der Waals surface area contributed by atoms with Crippen LogP contribution in [0.25, 0.3) is 5.82 Å². The number of nitrogens with zero attached hydrogens (tertiary/aromatic N) is 6. The van der Waals surface area contributed by atoms with Gasteiger partial charge in [-0.05, 0) is 56.7 Å². The first-order valence-corrected chi connectivity index (χ1v) is 9.80. The summed E-state index contributed by atoms with van der Waals surface area (Å²) in [6, 6.07) is 11.2. The molecule has 0 radical (unpaired) electrons. The van der Waals surface area contributed by atoms with Crippen LogP contribution in [0.1, 0.15) is 27.4 Å². The van der Waals surface area contributed by atoms with E-state index < -0.39 is 5.91 Å². The van der Waals surface area contributed by atoms with Crippen molar-refractivity contribution in [2.75, 3.05) is 5.32 Å². The minimum absolute atomic E-state index is 0.139. The lowest BCUT2D eigenvalue weighted by atomic mass is 10.2. The summed E-state index contributed by atoms with van der Waals surface area (Å²) in [6.45, 7) is 5.95. The molecule has 0 aliphatic carbocycles. The van der Waals surface area contributed by atoms with Gasteiger partial charge >= 0.3 is 0 Å². The van der Waals surface area contributed by atoms with Gasteiger partial charge in [-0.3, -0.25) is 9.59 Å². The number of nitrogens with one attached hydrogen (secondary N) is 1. The van der Waals surface area contributed by atoms with E-state index in [0.29, 0.717) is 23.1 Å². The van der Waals surface area contributed by atoms with Gasteiger partial charge in [0, 0.05) is 30.6 Å². The Labute approximate surface area is 183 Å². The zero-order chi connectivity index (χ0) is 22.8. The number of benzene rings is 1. The van der Waals surface area contributed by atoms with Gasteiger partial charge < -0.3 is 10.1 Å². The molecule has 0 unspecified atom stereocenters. The van der Waals surface area contributed by atoms with Crippen molar-refractivity contribution < 1.29 is 9.53 Å². The summed E-state index contributed by atoms with van der Waals surface area (Å²) in [6.07, 6.45) is 1.42. The van der Waals surface area contributed by atoms with E-state index in [9.17, 15) is 9.59 Å². The second kappa shape index (κ2) is 8.42. The Bertz CT molecular complexity index is 1360. The smallest absolute Gasteiger partial charge is 0.276 e. The van der Waals surface area contributed by atoms with Gasteiger partial charge in [0.1, 0.15) is 17.8 Å². The lowest BCUT2D eigenvalue weighted by Crippen LogP contribution is -2.23. The molecule has 3 aromatic heterocycles. The van der Waals surface area contributed by atoms with E-state index in [2.05, 4.69) is 25.5 Å². The Morgan fingerprint density at radius 3 is 2.41 bits per heavy atom. The van der Waals surface area contributed by atoms with E-state index in [1.807, 2.05) is 20.8 Å². The van der Waals surface area contributed by atoms with Crippen LogP contribution in [-0.4, -0.2) is 35.4 Å². The number of hydrogen-bond acceptors (Lipinski definition) is 7. The molecule has 0 bridgehead atoms. The number of amides is 1. The molecule has 4 rings (SSSR count). The minimum atomic E-state index is -0.421. The largest absolute Gasteiger partial charge is 0.439 e. The summed E-state index contributed by atoms with van der Waals surface area (Å²) in [7, 11) is 1.49. The van der Waals surface area contributed by atoms with Gasteiger partial charge in [-0.1, -0.05) is 0 Å². The molecular weight excluding hydrogens is 410 g/mol. The van der Waals surface area contributed by atoms with Crippen LogP contribution >= 0.6 is 0 Å². The van der Waals surface area contributed by atoms with E-state index in [4.69, 9.17) is 4.74 Å². The SMILES string of the molecule is Cc1nn(-c2cc(Oc3ccc(NC(=O)c4ccc(=O)n(C)n4)cc3)ncn2)c(C)c1C. The molecule has 1 amide bonds. The van der Waals surface area contributed by atoms with Crippen LogP contribution < -0.4 is 15.6 Å². The fraction of sp³-hybridized carbons (Fsp3) is 0.182. The second-order valence-electron chi connectivity index (χ2n) is 7.18. The number of hydrogen-bond donors (Lipinski definition) is 1. The fourth-order valence-corrected chi connectivity index (χ4v) is 2.99. The quantitative estimate of drug-likeness (QED) is 0.516. The fourth-order valence-electron chi connectivity index (χ4n) is 2.99. The Kier molecular flexibility index (Phi) is 5.50. The second-order valence-corrected chi connectivity index (χ2v) is 7.18. The average molecular weight is 431 g/mol. The molecule has 0 spiro atoms. The summed E-state index contributed by atoms with van der Waals surface area (Å²) in [5.74, 6) is 1.09. The standard InChI is InChI=1S/C22H21N7O3/c1-13-14(2)26-29(15(13)3)19-11-20(24-12-23-19)32-17-7-5-16(6-8-17)25-22(31)18-9-10-21(30)28(4)27-18/h5-12H,1-4H3,(H,25,31). The number of aryl methyl sites for hydroxylation is 2. The van der Waals surface area contributed by atoms with Crippen LogP contribution in [0.3, 0.4) is 0 Å². The van der Waals surface area contributed by atoms with Gasteiger partial charge in [0.05, 0.1) is 5.69 Å². The van der Waals surface area contributed by atoms with Gasteiger partial charge in [-0.25, -0.2) is 19.3 Å². The van der Waals surface area contributed by atoms with E-state index in [0.717, 1.165) is 21.6 Å². The number of aromatic nitrogens is 6. The summed E-state index contributed by atoms with van der Waals surface area (Å²) < 4.78 is 8.70. The maximum absolute atomic E-state index is 12.3. The third kappa shape index (κ3) is 4.24. The monoisotopic (exact) mass is 431 g/mol. The molecule has 32 heavy (non-hydrogen) atoms. The molecule has 0 saturated heterocycles. The molecule has 1 N–H and O–H groups in total. The zero-order valence-corrected chi connectivity index (χ0v) is 18.0. The molecule has 3 heterocycles. The molecule has 10 heteroatoms. The van der Waals surface area contributed by atoms with Gasteiger partial charge in [0.25, 0.3) is 11.5 Å². The maximum Gasteiger partial charge on any atom is 0.276 e. The van der Waals surface area contributed by atoms with Gasteiger partial charge in [0.2, 0.25) is 5.88 Å². The molecular formula is C22H21N7O3. The normalized spacial score (nSPS) is 10.8. The highest BCUT2D eigenvalue weighted by Crippen LogP contribution is 2.23. The lowest BCUT2D eigenvalue weighted by molar-refractivity contribution is 0.102. The zero-order valence-electron chi connectivity index (χ0n) is 18.0. The predicted molar refractivity (Wildman–Crippen MR) is 117 cm³/mol. The van der Waals surface area contributed by atoms with Gasteiger partial charge in [0.15, 0.2) is 5.82 Å². The molecule has 0 atom stereocenters. The van der Waals surface area contributed by atoms with Gasteiger partial charge in [-0.15, -0.1) is 0 Å². The van der Waals surface area contributed by atoms with Gasteiger partial charge in [-0.2, -0.15) is 10.2 Å². The van der Waals surface area contributed by atoms with E-state index >= 15 is 0 Å². The highest BCUT2D eigenvalue weighted by molar-refractivity contribution is 6.02. The number of carbonyl (C=O) groups is 1. The average Bonchev–Trinajstić information content (AvgIpc) is 3.04. The Morgan fingerprint density at radius 2 is 1.75 bits per heavy atom. The van der Waals surface area contributed by atoms with Crippen molar-refractivity contribution in [2.45, 2.75) is 20.8 Å². The highest BCUT2D eigenvalue weighted by Gasteiger charge is 2.12. The summed E-state index contributed by atoms with van der Waals surface area (Å²) in [5.41, 5.74) is 3.45. The molecule has 0 fully saturated rings. The van der Waals surface area contributed by atoms with Crippen LogP contribution in [0.2, 0.25) is 0 Å². The van der Waals surface area contributed by atoms with Crippen LogP contribution in [0.15, 0.2) is 53.6 Å². The van der Waals surface area contributed by atoms with Crippen molar-refractivity contribution in [1.29, 1.82) is 0 Å². The molecule has 4 aromatic rings. The third-order valence-electron chi connectivity index (χ3n) is 5.03. The Hall–Kier alpha value is -4.34. The van der Waals surface area contributed by atoms with Crippen molar-refractivity contribution in [3.8, 4) is 17.4 Å². The first-order chi connectivity index (χ1) is 15.3. The van der Waals surface area contributed by atoms with E-state index in [1.54, 1.807) is 35.0 Å². The number of rotatable bonds is 5. The lowest BCUT2D eigenvalue weighted by Gasteiger charge is -2.09. The van der Waals surface area contributed by atoms with Crippen molar-refractivity contribution >= 4 is 11.6 Å². The van der Waals surface area contributed by atoms with Crippen molar-refractivity contribution in [1.82, 2.24) is 29.5 Å². The molecule has 0 aliphatic rings. The van der Waals surface area contributed by atoms with Crippen LogP contribution in [0.4, 0.5) is 5.69 Å². The number of carbonyl (C=O) groups excluding carboxylic acids is 1. The van der Waals surface area contributed by atoms with Crippen LogP contribution in [0.5, 0.6) is 11.6 Å². The first-order valence-electron chi connectivity index (χ1n) is 9.80. The first kappa shape index (κ1) is 20.9. The predicted octanol–water partition coefficient (Wildman–Crippen LogP) is 2.73. The van der Waals surface area contributed by atoms with Crippen molar-refractivity contribution in [2.24, 2.45) is 7.05 Å². The Morgan fingerprint density at radius 1 is 1.00 bits per heavy atom. The Balaban J connectivity index is 1.47. The molecule has 1 aromatic carbocycles. The summed E-state index contributed by atoms with van der Waals surface area (Å²) >= 11 is 0. The highest BCUT2D eigenvalue weighted by atomic mass is 16.5. The molecule has 0 aliphatic heterocycles. The number of ether oxygens (including phenoxy) is 1. The topological polar surface area (TPSA) is 117 Å². The van der Waals surface area contributed by atoms with E-state index in [-0.39, 0.29) is 11.3 Å². The van der Waals surface area contributed by atoms with E-state index in [1.165, 1.54) is 25.5 Å². The summed E-state index contributed by atoms with van der Waals surface area (Å²) in [5, 5.41) is 11.2. The third-order valence-corrected chi connectivity index (χ3v) is 5.03. The summed E-state index contributed by atoms with van der Waals surface area (Å²) in [4.78, 5) is 32.2. The molecule has 162 valence electrons. The maximum atomic E-state index is 12.3. The van der Waals surface area contributed by atoms with Crippen molar-refractivity contribution in [3.05, 3.63) is 81.8 Å². The molecule has 0 saturated carbocycles. The minimum Gasteiger partial charge on any atom is -0.439 e. The van der Waals surface area contributed by atoms with Crippen LogP contribution in [-0.2, 0) is 7.05 Å².